The summed E-state index contributed by atoms with van der Waals surface area (Å²) < 4.78 is 7.62. The first-order chi connectivity index (χ1) is 9.84. The van der Waals surface area contributed by atoms with E-state index in [2.05, 4.69) is 27.1 Å². The average molecular weight is 296 g/mol. The van der Waals surface area contributed by atoms with Gasteiger partial charge in [0.15, 0.2) is 5.16 Å². The molecule has 1 aromatic heterocycles. The predicted octanol–water partition coefficient (Wildman–Crippen LogP) is 1.80. The molecule has 1 atom stereocenters. The van der Waals surface area contributed by atoms with Gasteiger partial charge in [-0.3, -0.25) is 0 Å². The lowest BCUT2D eigenvalue weighted by Gasteiger charge is -2.21. The molecular formula is C14H24N4OS. The molecule has 20 heavy (non-hydrogen) atoms. The van der Waals surface area contributed by atoms with E-state index in [0.29, 0.717) is 5.92 Å². The monoisotopic (exact) mass is 296 g/mol. The van der Waals surface area contributed by atoms with Crippen molar-refractivity contribution in [3.63, 3.8) is 0 Å². The van der Waals surface area contributed by atoms with Crippen molar-refractivity contribution >= 4 is 11.8 Å². The van der Waals surface area contributed by atoms with Crippen LogP contribution in [0, 0.1) is 5.92 Å². The van der Waals surface area contributed by atoms with Gasteiger partial charge in [-0.1, -0.05) is 11.8 Å². The van der Waals surface area contributed by atoms with E-state index in [1.165, 1.54) is 25.7 Å². The van der Waals surface area contributed by atoms with Crippen LogP contribution in [0.15, 0.2) is 5.16 Å². The molecule has 2 fully saturated rings. The van der Waals surface area contributed by atoms with Crippen LogP contribution in [0.5, 0.6) is 0 Å². The summed E-state index contributed by atoms with van der Waals surface area (Å²) in [4.78, 5) is 0. The van der Waals surface area contributed by atoms with Crippen LogP contribution >= 0.6 is 11.8 Å². The van der Waals surface area contributed by atoms with Gasteiger partial charge in [-0.2, -0.15) is 0 Å². The molecule has 0 spiro atoms. The topological polar surface area (TPSA) is 52.0 Å². The fourth-order valence-electron chi connectivity index (χ4n) is 3.02. The third-order valence-electron chi connectivity index (χ3n) is 4.35. The quantitative estimate of drug-likeness (QED) is 0.840. The Morgan fingerprint density at radius 3 is 2.90 bits per heavy atom. The molecule has 6 heteroatoms. The SMILES string of the molecule is Cn1c(SCC[C@@H]2CCOC2)nnc1C1CCNCC1. The minimum atomic E-state index is 0.575. The van der Waals surface area contributed by atoms with E-state index in [9.17, 15) is 0 Å². The molecule has 112 valence electrons. The van der Waals surface area contributed by atoms with E-state index in [0.717, 1.165) is 49.0 Å². The Hall–Kier alpha value is -0.590. The summed E-state index contributed by atoms with van der Waals surface area (Å²) in [7, 11) is 2.11. The van der Waals surface area contributed by atoms with Gasteiger partial charge in [0, 0.05) is 31.9 Å². The van der Waals surface area contributed by atoms with Crippen LogP contribution in [0.2, 0.25) is 0 Å². The second-order valence-electron chi connectivity index (χ2n) is 5.79. The van der Waals surface area contributed by atoms with E-state index < -0.39 is 0 Å². The Morgan fingerprint density at radius 1 is 1.30 bits per heavy atom. The first-order valence-corrected chi connectivity index (χ1v) is 8.63. The van der Waals surface area contributed by atoms with Gasteiger partial charge in [-0.15, -0.1) is 10.2 Å². The van der Waals surface area contributed by atoms with Crippen molar-refractivity contribution in [2.45, 2.75) is 36.8 Å². The molecule has 2 aliphatic rings. The summed E-state index contributed by atoms with van der Waals surface area (Å²) >= 11 is 1.84. The number of rotatable bonds is 5. The van der Waals surface area contributed by atoms with E-state index in [1.54, 1.807) is 0 Å². The van der Waals surface area contributed by atoms with Gasteiger partial charge in [0.2, 0.25) is 0 Å². The Balaban J connectivity index is 1.52. The first kappa shape index (κ1) is 14.4. The van der Waals surface area contributed by atoms with Gasteiger partial charge in [0.05, 0.1) is 0 Å². The largest absolute Gasteiger partial charge is 0.381 e. The Bertz CT molecular complexity index is 425. The van der Waals surface area contributed by atoms with Gasteiger partial charge in [0.1, 0.15) is 5.82 Å². The van der Waals surface area contributed by atoms with Gasteiger partial charge in [-0.05, 0) is 44.7 Å². The van der Waals surface area contributed by atoms with Crippen molar-refractivity contribution in [3.8, 4) is 0 Å². The van der Waals surface area contributed by atoms with Crippen LogP contribution in [0.1, 0.15) is 37.4 Å². The molecule has 5 nitrogen and oxygen atoms in total. The molecule has 2 aliphatic heterocycles. The van der Waals surface area contributed by atoms with Crippen molar-refractivity contribution in [2.75, 3.05) is 32.1 Å². The Morgan fingerprint density at radius 2 is 2.15 bits per heavy atom. The summed E-state index contributed by atoms with van der Waals surface area (Å²) in [5.74, 6) is 3.61. The van der Waals surface area contributed by atoms with Crippen molar-refractivity contribution in [1.29, 1.82) is 0 Å². The molecule has 1 N–H and O–H groups in total. The zero-order valence-electron chi connectivity index (χ0n) is 12.2. The van der Waals surface area contributed by atoms with Crippen LogP contribution in [0.4, 0.5) is 0 Å². The standard InChI is InChI=1S/C14H24N4OS/c1-18-13(12-2-6-15-7-3-12)16-17-14(18)20-9-5-11-4-8-19-10-11/h11-12,15H,2-10H2,1H3/t11-/m0/s1. The summed E-state index contributed by atoms with van der Waals surface area (Å²) in [5.41, 5.74) is 0. The maximum Gasteiger partial charge on any atom is 0.190 e. The number of nitrogens with zero attached hydrogens (tertiary/aromatic N) is 3. The minimum Gasteiger partial charge on any atom is -0.381 e. The highest BCUT2D eigenvalue weighted by molar-refractivity contribution is 7.99. The molecule has 0 unspecified atom stereocenters. The molecule has 0 aliphatic carbocycles. The predicted molar refractivity (Wildman–Crippen MR) is 80.1 cm³/mol. The van der Waals surface area contributed by atoms with Crippen LogP contribution in [-0.4, -0.2) is 46.8 Å². The molecule has 0 saturated carbocycles. The zero-order chi connectivity index (χ0) is 13.8. The lowest BCUT2D eigenvalue weighted by Crippen LogP contribution is -2.27. The highest BCUT2D eigenvalue weighted by atomic mass is 32.2. The van der Waals surface area contributed by atoms with E-state index in [1.807, 2.05) is 11.8 Å². The van der Waals surface area contributed by atoms with Crippen LogP contribution in [0.25, 0.3) is 0 Å². The van der Waals surface area contributed by atoms with Crippen LogP contribution in [0.3, 0.4) is 0 Å². The molecule has 0 aromatic carbocycles. The number of aromatic nitrogens is 3. The second kappa shape index (κ2) is 6.91. The van der Waals surface area contributed by atoms with Crippen molar-refractivity contribution < 1.29 is 4.74 Å². The summed E-state index contributed by atoms with van der Waals surface area (Å²) in [6.07, 6.45) is 4.80. The van der Waals surface area contributed by atoms with Crippen molar-refractivity contribution in [1.82, 2.24) is 20.1 Å². The molecule has 1 aromatic rings. The van der Waals surface area contributed by atoms with Gasteiger partial charge in [-0.25, -0.2) is 0 Å². The molecule has 0 bridgehead atoms. The number of nitrogens with one attached hydrogen (secondary N) is 1. The fourth-order valence-corrected chi connectivity index (χ4v) is 4.03. The lowest BCUT2D eigenvalue weighted by molar-refractivity contribution is 0.185. The van der Waals surface area contributed by atoms with Crippen molar-refractivity contribution in [2.24, 2.45) is 13.0 Å². The van der Waals surface area contributed by atoms with Crippen LogP contribution < -0.4 is 5.32 Å². The minimum absolute atomic E-state index is 0.575. The third kappa shape index (κ3) is 3.35. The molecule has 2 saturated heterocycles. The highest BCUT2D eigenvalue weighted by Gasteiger charge is 2.22. The second-order valence-corrected chi connectivity index (χ2v) is 6.85. The number of thioether (sulfide) groups is 1. The summed E-state index contributed by atoms with van der Waals surface area (Å²) in [6, 6.07) is 0. The summed E-state index contributed by atoms with van der Waals surface area (Å²) in [6.45, 7) is 4.09. The van der Waals surface area contributed by atoms with Gasteiger partial charge >= 0.3 is 0 Å². The number of piperidine rings is 1. The molecule has 3 rings (SSSR count). The summed E-state index contributed by atoms with van der Waals surface area (Å²) in [5, 5.41) is 13.3. The fraction of sp³-hybridized carbons (Fsp3) is 0.857. The maximum atomic E-state index is 5.42. The molecular weight excluding hydrogens is 272 g/mol. The Kier molecular flexibility index (Phi) is 4.96. The van der Waals surface area contributed by atoms with Gasteiger partial charge < -0.3 is 14.6 Å². The maximum absolute atomic E-state index is 5.42. The Labute approximate surface area is 124 Å². The molecule has 3 heterocycles. The smallest absolute Gasteiger partial charge is 0.190 e. The van der Waals surface area contributed by atoms with Gasteiger partial charge in [0.25, 0.3) is 0 Å². The van der Waals surface area contributed by atoms with E-state index >= 15 is 0 Å². The normalized spacial score (nSPS) is 24.4. The first-order valence-electron chi connectivity index (χ1n) is 7.65. The number of ether oxygens (including phenoxy) is 1. The molecule has 0 radical (unpaired) electrons. The zero-order valence-corrected chi connectivity index (χ0v) is 13.0. The highest BCUT2D eigenvalue weighted by Crippen LogP contribution is 2.27. The number of hydrogen-bond donors (Lipinski definition) is 1. The van der Waals surface area contributed by atoms with Crippen LogP contribution in [-0.2, 0) is 11.8 Å². The van der Waals surface area contributed by atoms with E-state index in [4.69, 9.17) is 4.74 Å². The van der Waals surface area contributed by atoms with E-state index in [-0.39, 0.29) is 0 Å². The molecule has 0 amide bonds. The van der Waals surface area contributed by atoms with Crippen molar-refractivity contribution in [3.05, 3.63) is 5.82 Å². The third-order valence-corrected chi connectivity index (χ3v) is 5.41. The number of hydrogen-bond acceptors (Lipinski definition) is 5. The lowest BCUT2D eigenvalue weighted by atomic mass is 9.97. The average Bonchev–Trinajstić information content (AvgIpc) is 3.11.